The van der Waals surface area contributed by atoms with Crippen LogP contribution >= 0.6 is 11.3 Å². The molecule has 0 atom stereocenters. The number of hydrogen-bond acceptors (Lipinski definition) is 1. The highest BCUT2D eigenvalue weighted by atomic mass is 32.1. The molecule has 3 heteroatoms. The minimum atomic E-state index is 1.16. The first-order valence-electron chi connectivity index (χ1n) is 18.8. The predicted molar refractivity (Wildman–Crippen MR) is 236 cm³/mol. The smallest absolute Gasteiger partial charge is 0.0548 e. The van der Waals surface area contributed by atoms with E-state index in [-0.39, 0.29) is 0 Å². The van der Waals surface area contributed by atoms with Crippen LogP contribution in [0.3, 0.4) is 0 Å². The summed E-state index contributed by atoms with van der Waals surface area (Å²) in [7, 11) is 0. The van der Waals surface area contributed by atoms with Crippen molar-refractivity contribution >= 4 is 85.9 Å². The zero-order valence-electron chi connectivity index (χ0n) is 29.8. The maximum Gasteiger partial charge on any atom is 0.0548 e. The summed E-state index contributed by atoms with van der Waals surface area (Å²) in [5.41, 5.74) is 12.1. The molecule has 3 heterocycles. The summed E-state index contributed by atoms with van der Waals surface area (Å²) in [6.07, 6.45) is 0. The van der Waals surface area contributed by atoms with E-state index >= 15 is 0 Å². The molecule has 55 heavy (non-hydrogen) atoms. The van der Waals surface area contributed by atoms with E-state index < -0.39 is 0 Å². The molecule has 0 aliphatic heterocycles. The average molecular weight is 717 g/mol. The third-order valence-electron chi connectivity index (χ3n) is 11.5. The van der Waals surface area contributed by atoms with Gasteiger partial charge in [0.15, 0.2) is 0 Å². The van der Waals surface area contributed by atoms with Crippen LogP contribution in [0, 0.1) is 0 Å². The molecule has 2 nitrogen and oxygen atoms in total. The summed E-state index contributed by atoms with van der Waals surface area (Å²) in [5.74, 6) is 0. The van der Waals surface area contributed by atoms with Crippen LogP contribution in [-0.4, -0.2) is 9.13 Å². The summed E-state index contributed by atoms with van der Waals surface area (Å²) >= 11 is 1.88. The topological polar surface area (TPSA) is 9.86 Å². The minimum absolute atomic E-state index is 1.16. The first kappa shape index (κ1) is 30.5. The molecule has 0 saturated heterocycles. The summed E-state index contributed by atoms with van der Waals surface area (Å²) in [6, 6.07) is 71.4. The summed E-state index contributed by atoms with van der Waals surface area (Å²) < 4.78 is 7.51. The maximum absolute atomic E-state index is 2.45. The first-order valence-corrected chi connectivity index (χ1v) is 19.7. The fourth-order valence-electron chi connectivity index (χ4n) is 8.96. The van der Waals surface area contributed by atoms with Gasteiger partial charge in [0.1, 0.15) is 0 Å². The summed E-state index contributed by atoms with van der Waals surface area (Å²) in [4.78, 5) is 0. The lowest BCUT2D eigenvalue weighted by molar-refractivity contribution is 1.18. The van der Waals surface area contributed by atoms with Gasteiger partial charge in [-0.05, 0) is 106 Å². The van der Waals surface area contributed by atoms with Crippen LogP contribution in [0.5, 0.6) is 0 Å². The van der Waals surface area contributed by atoms with Gasteiger partial charge in [-0.15, -0.1) is 11.3 Å². The van der Waals surface area contributed by atoms with Crippen LogP contribution in [0.1, 0.15) is 0 Å². The van der Waals surface area contributed by atoms with Gasteiger partial charge in [0.2, 0.25) is 0 Å². The number of nitrogens with zero attached hydrogens (tertiary/aromatic N) is 2. The van der Waals surface area contributed by atoms with Crippen LogP contribution in [0.4, 0.5) is 0 Å². The van der Waals surface area contributed by atoms with Crippen LogP contribution < -0.4 is 0 Å². The molecule has 256 valence electrons. The van der Waals surface area contributed by atoms with Crippen molar-refractivity contribution in [3.63, 3.8) is 0 Å². The van der Waals surface area contributed by atoms with Gasteiger partial charge in [0.05, 0.1) is 22.1 Å². The zero-order valence-corrected chi connectivity index (χ0v) is 30.6. The van der Waals surface area contributed by atoms with Crippen LogP contribution in [0.25, 0.3) is 108 Å². The maximum atomic E-state index is 2.45. The fraction of sp³-hybridized carbons (Fsp3) is 0. The van der Waals surface area contributed by atoms with Crippen molar-refractivity contribution in [2.24, 2.45) is 0 Å². The molecule has 0 spiro atoms. The SMILES string of the molecule is c1ccc(-c2ccc(-n3c4ccc(-c5ccc6c(c5)c5ccccc5n6-c5ccc6ccccc6c5)cc4c4c5c(ccc43)sc3ccccc35)cc2)cc1. The number of para-hydroxylation sites is 1. The number of rotatable bonds is 4. The van der Waals surface area contributed by atoms with Crippen molar-refractivity contribution in [2.45, 2.75) is 0 Å². The van der Waals surface area contributed by atoms with Gasteiger partial charge in [-0.25, -0.2) is 0 Å². The molecule has 0 amide bonds. The Balaban J connectivity index is 1.08. The third-order valence-corrected chi connectivity index (χ3v) is 12.6. The summed E-state index contributed by atoms with van der Waals surface area (Å²) in [6.45, 7) is 0. The lowest BCUT2D eigenvalue weighted by Gasteiger charge is -2.11. The highest BCUT2D eigenvalue weighted by molar-refractivity contribution is 7.26. The van der Waals surface area contributed by atoms with Crippen molar-refractivity contribution in [1.29, 1.82) is 0 Å². The number of benzene rings is 9. The monoisotopic (exact) mass is 716 g/mol. The van der Waals surface area contributed by atoms with Crippen molar-refractivity contribution in [1.82, 2.24) is 9.13 Å². The Bertz CT molecular complexity index is 3470. The fourth-order valence-corrected chi connectivity index (χ4v) is 10.1. The molecule has 0 radical (unpaired) electrons. The Morgan fingerprint density at radius 1 is 0.291 bits per heavy atom. The molecule has 9 aromatic carbocycles. The van der Waals surface area contributed by atoms with Gasteiger partial charge in [0.25, 0.3) is 0 Å². The molecule has 12 aromatic rings. The lowest BCUT2D eigenvalue weighted by Crippen LogP contribution is -1.94. The van der Waals surface area contributed by atoms with E-state index in [1.807, 2.05) is 11.3 Å². The molecular weight excluding hydrogens is 685 g/mol. The minimum Gasteiger partial charge on any atom is -0.309 e. The Morgan fingerprint density at radius 3 is 1.71 bits per heavy atom. The van der Waals surface area contributed by atoms with Crippen molar-refractivity contribution in [3.05, 3.63) is 194 Å². The van der Waals surface area contributed by atoms with Crippen molar-refractivity contribution < 1.29 is 0 Å². The van der Waals surface area contributed by atoms with Gasteiger partial charge in [-0.2, -0.15) is 0 Å². The van der Waals surface area contributed by atoms with Crippen LogP contribution in [0.2, 0.25) is 0 Å². The van der Waals surface area contributed by atoms with Crippen LogP contribution in [-0.2, 0) is 0 Å². The summed E-state index contributed by atoms with van der Waals surface area (Å²) in [5, 5.41) is 10.3. The Hall–Kier alpha value is -6.94. The number of thiophene rings is 1. The molecular formula is C52H32N2S. The molecule has 0 N–H and O–H groups in total. The normalized spacial score (nSPS) is 12.0. The lowest BCUT2D eigenvalue weighted by atomic mass is 9.99. The molecule has 0 unspecified atom stereocenters. The Kier molecular flexibility index (Phi) is 6.54. The van der Waals surface area contributed by atoms with Gasteiger partial charge in [0, 0.05) is 53.1 Å². The Labute approximate surface area is 321 Å². The van der Waals surface area contributed by atoms with Crippen molar-refractivity contribution in [3.8, 4) is 33.6 Å². The first-order chi connectivity index (χ1) is 27.3. The van der Waals surface area contributed by atoms with Crippen molar-refractivity contribution in [2.75, 3.05) is 0 Å². The highest BCUT2D eigenvalue weighted by Gasteiger charge is 2.20. The molecule has 3 aromatic heterocycles. The van der Waals surface area contributed by atoms with E-state index in [0.717, 1.165) is 5.69 Å². The second-order valence-electron chi connectivity index (χ2n) is 14.5. The third kappa shape index (κ3) is 4.60. The molecule has 0 aliphatic rings. The molecule has 0 fully saturated rings. The predicted octanol–water partition coefficient (Wildman–Crippen LogP) is 14.7. The number of fused-ring (bicyclic) bond motifs is 11. The van der Waals surface area contributed by atoms with Crippen LogP contribution in [0.15, 0.2) is 194 Å². The molecule has 0 bridgehead atoms. The van der Waals surface area contributed by atoms with E-state index in [0.29, 0.717) is 0 Å². The molecule has 12 rings (SSSR count). The van der Waals surface area contributed by atoms with Gasteiger partial charge in [-0.1, -0.05) is 121 Å². The van der Waals surface area contributed by atoms with Gasteiger partial charge >= 0.3 is 0 Å². The van der Waals surface area contributed by atoms with E-state index in [1.165, 1.54) is 102 Å². The zero-order chi connectivity index (χ0) is 36.0. The quantitative estimate of drug-likeness (QED) is 0.172. The Morgan fingerprint density at radius 2 is 0.873 bits per heavy atom. The molecule has 0 aliphatic carbocycles. The average Bonchev–Trinajstić information content (AvgIpc) is 3.91. The second kappa shape index (κ2) is 11.8. The molecule has 0 saturated carbocycles. The van der Waals surface area contributed by atoms with E-state index in [9.17, 15) is 0 Å². The highest BCUT2D eigenvalue weighted by Crippen LogP contribution is 2.45. The van der Waals surface area contributed by atoms with E-state index in [2.05, 4.69) is 203 Å². The number of aromatic nitrogens is 2. The largest absolute Gasteiger partial charge is 0.309 e. The van der Waals surface area contributed by atoms with Gasteiger partial charge < -0.3 is 9.13 Å². The van der Waals surface area contributed by atoms with E-state index in [4.69, 9.17) is 0 Å². The van der Waals surface area contributed by atoms with Gasteiger partial charge in [-0.3, -0.25) is 0 Å². The number of hydrogen-bond donors (Lipinski definition) is 0. The second-order valence-corrected chi connectivity index (χ2v) is 15.6. The van der Waals surface area contributed by atoms with E-state index in [1.54, 1.807) is 0 Å². The standard InChI is InChI=1S/C52H32N2S/c1-2-10-33(11-3-1)35-18-23-39(24-19-35)53-47-27-22-38(32-44(47)51-48(53)28-29-50-52(51)42-15-7-9-17-49(42)55-50)37-21-26-46-43(31-37)41-14-6-8-16-45(41)54(46)40-25-20-34-12-4-5-13-36(34)30-40/h1-32H.